The minimum atomic E-state index is -1.66. The molecule has 12 heteroatoms. The van der Waals surface area contributed by atoms with Gasteiger partial charge in [-0.05, 0) is 43.7 Å². The van der Waals surface area contributed by atoms with Crippen LogP contribution >= 0.6 is 11.3 Å². The maximum absolute atomic E-state index is 14.1. The van der Waals surface area contributed by atoms with Crippen LogP contribution in [-0.4, -0.2) is 23.2 Å². The van der Waals surface area contributed by atoms with Crippen LogP contribution in [0.3, 0.4) is 0 Å². The second-order valence-electron chi connectivity index (χ2n) is 10.1. The van der Waals surface area contributed by atoms with Gasteiger partial charge in [0.25, 0.3) is 5.56 Å². The van der Waals surface area contributed by atoms with Crippen molar-refractivity contribution in [2.45, 2.75) is 32.2 Å². The molecule has 1 aromatic heterocycles. The van der Waals surface area contributed by atoms with Crippen LogP contribution in [0.5, 0.6) is 17.2 Å². The van der Waals surface area contributed by atoms with Crippen LogP contribution in [0.25, 0.3) is 6.08 Å². The number of hydrogen-bond acceptors (Lipinski definition) is 7. The van der Waals surface area contributed by atoms with E-state index in [-0.39, 0.29) is 23.2 Å². The highest BCUT2D eigenvalue weighted by Gasteiger charge is 2.53. The Morgan fingerprint density at radius 3 is 2.52 bits per heavy atom. The fourth-order valence-corrected chi connectivity index (χ4v) is 6.64. The summed E-state index contributed by atoms with van der Waals surface area (Å²) in [7, 11) is 1.37. The van der Waals surface area contributed by atoms with E-state index in [1.807, 2.05) is 12.1 Å². The summed E-state index contributed by atoms with van der Waals surface area (Å²) in [6.45, 7) is 2.69. The molecule has 0 amide bonds. The number of nitrogens with zero attached hydrogens (tertiary/aromatic N) is 2. The summed E-state index contributed by atoms with van der Waals surface area (Å²) in [5, 5.41) is 0. The van der Waals surface area contributed by atoms with Crippen molar-refractivity contribution in [2.75, 3.05) is 7.11 Å². The van der Waals surface area contributed by atoms with Crippen LogP contribution in [0, 0.1) is 29.2 Å². The van der Waals surface area contributed by atoms with Crippen molar-refractivity contribution in [3.05, 3.63) is 108 Å². The average molecular weight is 599 g/mol. The van der Waals surface area contributed by atoms with Gasteiger partial charge in [-0.1, -0.05) is 35.6 Å². The number of aromatic nitrogens is 1. The van der Waals surface area contributed by atoms with Gasteiger partial charge in [0.05, 0.1) is 17.7 Å². The monoisotopic (exact) mass is 598 g/mol. The van der Waals surface area contributed by atoms with Gasteiger partial charge in [0.15, 0.2) is 22.2 Å². The van der Waals surface area contributed by atoms with E-state index in [1.54, 1.807) is 43.3 Å². The number of para-hydroxylation sites is 1. The topological polar surface area (TPSA) is 79.1 Å². The standard InChI is InChI=1S/C30H22F4N2O5S/c1-14(37)23-26-17-6-4-5-7-21(17)41-30(23,2)35-29-36(26)28(38)22(42-29)11-15-8-9-20(39-3)16(10-15)13-40-27-24(33)18(31)12-19(32)25(27)34/h4-12,23,26H,13H2,1-3H3/b22-11+. The van der Waals surface area contributed by atoms with Crippen LogP contribution in [0.1, 0.15) is 36.6 Å². The van der Waals surface area contributed by atoms with Gasteiger partial charge < -0.3 is 14.2 Å². The van der Waals surface area contributed by atoms with E-state index in [2.05, 4.69) is 0 Å². The minimum Gasteiger partial charge on any atom is -0.496 e. The molecule has 7 nitrogen and oxygen atoms in total. The molecule has 3 atom stereocenters. The third-order valence-electron chi connectivity index (χ3n) is 7.36. The maximum Gasteiger partial charge on any atom is 0.270 e. The lowest BCUT2D eigenvalue weighted by atomic mass is 9.79. The van der Waals surface area contributed by atoms with Gasteiger partial charge in [0.1, 0.15) is 29.8 Å². The van der Waals surface area contributed by atoms with E-state index in [0.29, 0.717) is 31.8 Å². The molecule has 216 valence electrons. The molecule has 2 bridgehead atoms. The summed E-state index contributed by atoms with van der Waals surface area (Å²) in [6, 6.07) is 11.5. The molecule has 3 unspecified atom stereocenters. The largest absolute Gasteiger partial charge is 0.496 e. The molecule has 0 saturated heterocycles. The second-order valence-corrected chi connectivity index (χ2v) is 11.1. The molecule has 3 heterocycles. The predicted molar refractivity (Wildman–Crippen MR) is 144 cm³/mol. The first-order valence-electron chi connectivity index (χ1n) is 12.8. The molecule has 6 rings (SSSR count). The number of halogens is 4. The summed E-state index contributed by atoms with van der Waals surface area (Å²) in [4.78, 5) is 31.7. The number of Topliss-reactive ketones (excluding diaryl/α,β-unsaturated/α-hetero) is 1. The predicted octanol–water partition coefficient (Wildman–Crippen LogP) is 4.42. The van der Waals surface area contributed by atoms with E-state index >= 15 is 0 Å². The van der Waals surface area contributed by atoms with Crippen LogP contribution in [0.15, 0.2) is 58.3 Å². The third-order valence-corrected chi connectivity index (χ3v) is 8.35. The Morgan fingerprint density at radius 2 is 1.83 bits per heavy atom. The van der Waals surface area contributed by atoms with Gasteiger partial charge in [-0.25, -0.2) is 13.8 Å². The summed E-state index contributed by atoms with van der Waals surface area (Å²) >= 11 is 1.13. The molecule has 3 aromatic carbocycles. The number of methoxy groups -OCH3 is 1. The van der Waals surface area contributed by atoms with Crippen LogP contribution in [0.4, 0.5) is 17.6 Å². The van der Waals surface area contributed by atoms with Gasteiger partial charge in [0, 0.05) is 17.2 Å². The van der Waals surface area contributed by atoms with Crippen LogP contribution < -0.4 is 29.1 Å². The van der Waals surface area contributed by atoms with Crippen LogP contribution in [-0.2, 0) is 11.4 Å². The van der Waals surface area contributed by atoms with Gasteiger partial charge >= 0.3 is 0 Å². The number of fused-ring (bicyclic) bond motifs is 6. The summed E-state index contributed by atoms with van der Waals surface area (Å²) in [5.74, 6) is -7.77. The fraction of sp³-hybridized carbons (Fsp3) is 0.233. The van der Waals surface area contributed by atoms with Gasteiger partial charge in [-0.2, -0.15) is 8.78 Å². The smallest absolute Gasteiger partial charge is 0.270 e. The number of carbonyl (C=O) groups is 1. The molecule has 4 aromatic rings. The molecule has 0 fully saturated rings. The Bertz CT molecular complexity index is 1930. The Kier molecular flexibility index (Phi) is 6.68. The highest BCUT2D eigenvalue weighted by molar-refractivity contribution is 7.07. The van der Waals surface area contributed by atoms with Gasteiger partial charge in [-0.3, -0.25) is 14.2 Å². The van der Waals surface area contributed by atoms with Crippen molar-refractivity contribution in [1.29, 1.82) is 0 Å². The minimum absolute atomic E-state index is 0.0939. The first-order valence-corrected chi connectivity index (χ1v) is 13.6. The zero-order chi connectivity index (χ0) is 29.9. The zero-order valence-corrected chi connectivity index (χ0v) is 23.2. The number of ether oxygens (including phenoxy) is 3. The number of thiazole rings is 1. The number of ketones is 1. The Balaban J connectivity index is 1.43. The zero-order valence-electron chi connectivity index (χ0n) is 22.4. The lowest BCUT2D eigenvalue weighted by Gasteiger charge is -2.45. The number of carbonyl (C=O) groups excluding carboxylic acids is 1. The van der Waals surface area contributed by atoms with E-state index in [4.69, 9.17) is 19.2 Å². The third kappa shape index (κ3) is 4.37. The highest BCUT2D eigenvalue weighted by atomic mass is 32.1. The Hall–Kier alpha value is -4.45. The highest BCUT2D eigenvalue weighted by Crippen LogP contribution is 2.47. The normalized spacial score (nSPS) is 20.7. The van der Waals surface area contributed by atoms with E-state index in [0.717, 1.165) is 11.3 Å². The molecule has 0 aliphatic carbocycles. The quantitative estimate of drug-likeness (QED) is 0.243. The molecular weight excluding hydrogens is 576 g/mol. The van der Waals surface area contributed by atoms with E-state index in [9.17, 15) is 27.2 Å². The number of rotatable bonds is 6. The molecular formula is C30H22F4N2O5S. The van der Waals surface area contributed by atoms with Gasteiger partial charge in [-0.15, -0.1) is 0 Å². The van der Waals surface area contributed by atoms with Crippen molar-refractivity contribution < 1.29 is 36.6 Å². The first kappa shape index (κ1) is 27.7. The molecule has 2 aliphatic rings. The van der Waals surface area contributed by atoms with Crippen molar-refractivity contribution in [3.8, 4) is 17.2 Å². The molecule has 0 spiro atoms. The fourth-order valence-electron chi connectivity index (χ4n) is 5.54. The van der Waals surface area contributed by atoms with Crippen molar-refractivity contribution >= 4 is 23.2 Å². The molecule has 2 aliphatic heterocycles. The average Bonchev–Trinajstić information content (AvgIpc) is 3.24. The van der Waals surface area contributed by atoms with Crippen molar-refractivity contribution in [2.24, 2.45) is 10.9 Å². The summed E-state index contributed by atoms with van der Waals surface area (Å²) < 4.78 is 74.0. The van der Waals surface area contributed by atoms with Crippen LogP contribution in [0.2, 0.25) is 0 Å². The first-order chi connectivity index (χ1) is 20.0. The second kappa shape index (κ2) is 10.1. The summed E-state index contributed by atoms with van der Waals surface area (Å²) in [5.41, 5.74) is -0.0591. The van der Waals surface area contributed by atoms with E-state index in [1.165, 1.54) is 18.6 Å². The summed E-state index contributed by atoms with van der Waals surface area (Å²) in [6.07, 6.45) is 1.60. The van der Waals surface area contributed by atoms with Crippen molar-refractivity contribution in [1.82, 2.24) is 4.57 Å². The van der Waals surface area contributed by atoms with Crippen molar-refractivity contribution in [3.63, 3.8) is 0 Å². The number of hydrogen-bond donors (Lipinski definition) is 0. The van der Waals surface area contributed by atoms with Gasteiger partial charge in [0.2, 0.25) is 17.4 Å². The number of benzene rings is 3. The molecule has 0 N–H and O–H groups in total. The lowest BCUT2D eigenvalue weighted by Crippen LogP contribution is -2.58. The lowest BCUT2D eigenvalue weighted by molar-refractivity contribution is -0.132. The maximum atomic E-state index is 14.1. The SMILES string of the molecule is COc1ccc(/C=c2/sc3n(c2=O)C2c4ccccc4OC(C)(N=3)C2C(C)=O)cc1COc1c(F)c(F)cc(F)c1F. The Morgan fingerprint density at radius 1 is 1.12 bits per heavy atom. The molecule has 0 radical (unpaired) electrons. The molecule has 42 heavy (non-hydrogen) atoms. The molecule has 0 saturated carbocycles. The Labute approximate surface area is 239 Å². The van der Waals surface area contributed by atoms with E-state index < -0.39 is 53.3 Å².